The summed E-state index contributed by atoms with van der Waals surface area (Å²) in [7, 11) is 1.57. The first-order valence-corrected chi connectivity index (χ1v) is 9.35. The lowest BCUT2D eigenvalue weighted by Gasteiger charge is -2.00. The number of nitrogens with zero attached hydrogens (tertiary/aromatic N) is 1. The third-order valence-electron chi connectivity index (χ3n) is 3.90. The Morgan fingerprint density at radius 2 is 1.82 bits per heavy atom. The Balaban J connectivity index is 1.56. The maximum atomic E-state index is 13.0. The molecule has 28 heavy (non-hydrogen) atoms. The summed E-state index contributed by atoms with van der Waals surface area (Å²) in [6, 6.07) is 13.2. The van der Waals surface area contributed by atoms with Crippen molar-refractivity contribution >= 4 is 34.4 Å². The predicted molar refractivity (Wildman–Crippen MR) is 109 cm³/mol. The van der Waals surface area contributed by atoms with Crippen molar-refractivity contribution in [2.45, 2.75) is 6.42 Å². The van der Waals surface area contributed by atoms with E-state index < -0.39 is 0 Å². The Morgan fingerprint density at radius 3 is 2.50 bits per heavy atom. The van der Waals surface area contributed by atoms with E-state index in [2.05, 4.69) is 15.6 Å². The van der Waals surface area contributed by atoms with Gasteiger partial charge in [-0.1, -0.05) is 24.3 Å². The van der Waals surface area contributed by atoms with Crippen LogP contribution in [0.3, 0.4) is 0 Å². The lowest BCUT2D eigenvalue weighted by atomic mass is 10.1. The molecule has 0 fully saturated rings. The summed E-state index contributed by atoms with van der Waals surface area (Å²) in [6.45, 7) is 0. The van der Waals surface area contributed by atoms with Crippen molar-refractivity contribution in [2.75, 3.05) is 12.4 Å². The van der Waals surface area contributed by atoms with Gasteiger partial charge in [-0.2, -0.15) is 0 Å². The van der Waals surface area contributed by atoms with Gasteiger partial charge in [0.15, 0.2) is 5.13 Å². The third-order valence-corrected chi connectivity index (χ3v) is 4.82. The normalized spacial score (nSPS) is 10.8. The molecule has 0 spiro atoms. The first-order chi connectivity index (χ1) is 13.5. The second kappa shape index (κ2) is 9.05. The van der Waals surface area contributed by atoms with Crippen molar-refractivity contribution in [3.63, 3.8) is 0 Å². The van der Waals surface area contributed by atoms with Crippen LogP contribution >= 0.6 is 11.3 Å². The molecule has 2 N–H and O–H groups in total. The minimum atomic E-state index is -0.293. The molecule has 2 aromatic carbocycles. The van der Waals surface area contributed by atoms with Crippen molar-refractivity contribution in [1.82, 2.24) is 10.3 Å². The Kier molecular flexibility index (Phi) is 6.29. The number of rotatable bonds is 6. The summed E-state index contributed by atoms with van der Waals surface area (Å²) in [4.78, 5) is 28.8. The van der Waals surface area contributed by atoms with E-state index in [0.29, 0.717) is 17.1 Å². The van der Waals surface area contributed by atoms with Gasteiger partial charge in [0.1, 0.15) is 5.82 Å². The first kappa shape index (κ1) is 19.4. The molecule has 3 aromatic rings. The number of carbonyl (C=O) groups is 2. The Bertz CT molecular complexity index is 995. The van der Waals surface area contributed by atoms with Gasteiger partial charge in [-0.15, -0.1) is 11.3 Å². The molecule has 3 rings (SSSR count). The minimum absolute atomic E-state index is 0.159. The van der Waals surface area contributed by atoms with E-state index in [4.69, 9.17) is 0 Å². The molecule has 0 aliphatic heterocycles. The van der Waals surface area contributed by atoms with Gasteiger partial charge in [-0.05, 0) is 41.5 Å². The van der Waals surface area contributed by atoms with Crippen molar-refractivity contribution in [3.05, 3.63) is 88.2 Å². The van der Waals surface area contributed by atoms with E-state index in [1.165, 1.54) is 29.5 Å². The number of thiazole rings is 1. The summed E-state index contributed by atoms with van der Waals surface area (Å²) < 4.78 is 13.0. The quantitative estimate of drug-likeness (QED) is 0.622. The molecular formula is C21H18FN3O2S. The number of halogens is 1. The fourth-order valence-corrected chi connectivity index (χ4v) is 3.31. The number of nitrogens with one attached hydrogen (secondary N) is 2. The lowest BCUT2D eigenvalue weighted by Crippen LogP contribution is -2.17. The number of anilines is 1. The topological polar surface area (TPSA) is 71.1 Å². The van der Waals surface area contributed by atoms with Gasteiger partial charge in [-0.3, -0.25) is 14.9 Å². The number of hydrogen-bond acceptors (Lipinski definition) is 4. The monoisotopic (exact) mass is 395 g/mol. The summed E-state index contributed by atoms with van der Waals surface area (Å²) in [5.74, 6) is -0.720. The van der Waals surface area contributed by atoms with Crippen LogP contribution in [0.15, 0.2) is 60.8 Å². The molecule has 0 bridgehead atoms. The van der Waals surface area contributed by atoms with Crippen LogP contribution in [-0.4, -0.2) is 23.8 Å². The highest BCUT2D eigenvalue weighted by atomic mass is 32.1. The molecular weight excluding hydrogens is 377 g/mol. The van der Waals surface area contributed by atoms with Gasteiger partial charge in [0.25, 0.3) is 5.91 Å². The molecule has 0 saturated carbocycles. The first-order valence-electron chi connectivity index (χ1n) is 8.54. The van der Waals surface area contributed by atoms with Crippen LogP contribution < -0.4 is 10.6 Å². The molecule has 2 amide bonds. The van der Waals surface area contributed by atoms with Crippen LogP contribution in [0.2, 0.25) is 0 Å². The zero-order valence-electron chi connectivity index (χ0n) is 15.1. The maximum absolute atomic E-state index is 13.0. The van der Waals surface area contributed by atoms with Crippen molar-refractivity contribution < 1.29 is 14.0 Å². The van der Waals surface area contributed by atoms with Gasteiger partial charge in [0.2, 0.25) is 5.91 Å². The summed E-state index contributed by atoms with van der Waals surface area (Å²) in [6.07, 6.45) is 5.40. The number of aromatic nitrogens is 1. The van der Waals surface area contributed by atoms with E-state index in [0.717, 1.165) is 16.0 Å². The van der Waals surface area contributed by atoms with Crippen LogP contribution in [0.5, 0.6) is 0 Å². The highest BCUT2D eigenvalue weighted by Gasteiger charge is 2.06. The van der Waals surface area contributed by atoms with Crippen LogP contribution in [-0.2, 0) is 11.2 Å². The van der Waals surface area contributed by atoms with Gasteiger partial charge < -0.3 is 5.32 Å². The molecule has 5 nitrogen and oxygen atoms in total. The molecule has 1 heterocycles. The third kappa shape index (κ3) is 5.34. The molecule has 0 saturated heterocycles. The second-order valence-electron chi connectivity index (χ2n) is 5.96. The van der Waals surface area contributed by atoms with E-state index in [9.17, 15) is 14.0 Å². The number of amides is 2. The average molecular weight is 395 g/mol. The highest BCUT2D eigenvalue weighted by Crippen LogP contribution is 2.21. The molecule has 1 aromatic heterocycles. The Labute approximate surface area is 165 Å². The molecule has 142 valence electrons. The standard InChI is InChI=1S/C21H18FN3O2S/c1-23-20(27)16-7-2-14(3-8-16)6-11-19(26)25-21-24-13-18(28-21)12-15-4-9-17(22)10-5-15/h2-11,13H,12H2,1H3,(H,23,27)(H,24,25,26)/b11-6+. The molecule has 0 aliphatic rings. The smallest absolute Gasteiger partial charge is 0.251 e. The summed E-state index contributed by atoms with van der Waals surface area (Å²) in [5.41, 5.74) is 2.34. The van der Waals surface area contributed by atoms with Gasteiger partial charge in [0, 0.05) is 36.2 Å². The molecule has 0 atom stereocenters. The molecule has 0 radical (unpaired) electrons. The van der Waals surface area contributed by atoms with E-state index in [1.54, 1.807) is 55.7 Å². The maximum Gasteiger partial charge on any atom is 0.251 e. The fraction of sp³-hybridized carbons (Fsp3) is 0.0952. The number of carbonyl (C=O) groups excluding carboxylic acids is 2. The van der Waals surface area contributed by atoms with E-state index in [-0.39, 0.29) is 17.6 Å². The summed E-state index contributed by atoms with van der Waals surface area (Å²) >= 11 is 1.37. The van der Waals surface area contributed by atoms with Crippen molar-refractivity contribution in [2.24, 2.45) is 0 Å². The second-order valence-corrected chi connectivity index (χ2v) is 7.07. The molecule has 0 aliphatic carbocycles. The van der Waals surface area contributed by atoms with Crippen molar-refractivity contribution in [3.8, 4) is 0 Å². The molecule has 0 unspecified atom stereocenters. The lowest BCUT2D eigenvalue weighted by molar-refractivity contribution is -0.111. The van der Waals surface area contributed by atoms with E-state index in [1.807, 2.05) is 0 Å². The van der Waals surface area contributed by atoms with Gasteiger partial charge >= 0.3 is 0 Å². The van der Waals surface area contributed by atoms with Crippen molar-refractivity contribution in [1.29, 1.82) is 0 Å². The zero-order chi connectivity index (χ0) is 19.9. The number of benzene rings is 2. The number of hydrogen-bond donors (Lipinski definition) is 2. The predicted octanol–water partition coefficient (Wildman–Crippen LogP) is 3.88. The average Bonchev–Trinajstić information content (AvgIpc) is 3.14. The SMILES string of the molecule is CNC(=O)c1ccc(/C=C/C(=O)Nc2ncc(Cc3ccc(F)cc3)s2)cc1. The summed E-state index contributed by atoms with van der Waals surface area (Å²) in [5, 5.41) is 5.78. The highest BCUT2D eigenvalue weighted by molar-refractivity contribution is 7.15. The largest absolute Gasteiger partial charge is 0.355 e. The Morgan fingerprint density at radius 1 is 1.11 bits per heavy atom. The minimum Gasteiger partial charge on any atom is -0.355 e. The van der Waals surface area contributed by atoms with E-state index >= 15 is 0 Å². The van der Waals surface area contributed by atoms with Crippen LogP contribution in [0, 0.1) is 5.82 Å². The molecule has 7 heteroatoms. The Hall–Kier alpha value is -3.32. The zero-order valence-corrected chi connectivity index (χ0v) is 15.9. The van der Waals surface area contributed by atoms with Gasteiger partial charge in [-0.25, -0.2) is 9.37 Å². The fourth-order valence-electron chi connectivity index (χ4n) is 2.46. The van der Waals surface area contributed by atoms with Crippen LogP contribution in [0.4, 0.5) is 9.52 Å². The van der Waals surface area contributed by atoms with Crippen LogP contribution in [0.1, 0.15) is 26.4 Å². The van der Waals surface area contributed by atoms with Gasteiger partial charge in [0.05, 0.1) is 0 Å². The van der Waals surface area contributed by atoms with Crippen LogP contribution in [0.25, 0.3) is 6.08 Å².